The third-order valence-corrected chi connectivity index (χ3v) is 6.06. The van der Waals surface area contributed by atoms with Crippen molar-refractivity contribution < 1.29 is 9.84 Å². The van der Waals surface area contributed by atoms with Gasteiger partial charge in [0.25, 0.3) is 0 Å². The first-order valence-electron chi connectivity index (χ1n) is 10.9. The summed E-state index contributed by atoms with van der Waals surface area (Å²) in [6.45, 7) is 9.95. The Morgan fingerprint density at radius 1 is 0.839 bits per heavy atom. The molecule has 0 radical (unpaired) electrons. The summed E-state index contributed by atoms with van der Waals surface area (Å²) in [5.41, 5.74) is 2.73. The second-order valence-electron chi connectivity index (χ2n) is 7.93. The summed E-state index contributed by atoms with van der Waals surface area (Å²) < 4.78 is 5.92. The standard InChI is InChI=1S/C27H32ClNO2/c1-4-29(5-2)18-19-31-26-16-12-24(13-17-26)27(30,23-10-6-21(3)7-11-23)20-22-8-14-25(28)15-9-22/h6-17,30H,4-5,18-20H2,1-3H3/t27-/m0/s1. The smallest absolute Gasteiger partial charge is 0.119 e. The van der Waals surface area contributed by atoms with E-state index in [-0.39, 0.29) is 0 Å². The average Bonchev–Trinajstić information content (AvgIpc) is 2.79. The SMILES string of the molecule is CCN(CC)CCOc1ccc([C@](O)(Cc2ccc(Cl)cc2)c2ccc(C)cc2)cc1. The predicted molar refractivity (Wildman–Crippen MR) is 129 cm³/mol. The lowest BCUT2D eigenvalue weighted by Crippen LogP contribution is -2.30. The molecular formula is C27H32ClNO2. The molecule has 0 aliphatic heterocycles. The zero-order valence-electron chi connectivity index (χ0n) is 18.6. The van der Waals surface area contributed by atoms with Crippen LogP contribution in [0.3, 0.4) is 0 Å². The number of benzene rings is 3. The Balaban J connectivity index is 1.83. The lowest BCUT2D eigenvalue weighted by molar-refractivity contribution is 0.0810. The topological polar surface area (TPSA) is 32.7 Å². The molecule has 1 N–H and O–H groups in total. The van der Waals surface area contributed by atoms with Gasteiger partial charge in [0, 0.05) is 18.0 Å². The molecular weight excluding hydrogens is 406 g/mol. The van der Waals surface area contributed by atoms with Gasteiger partial charge < -0.3 is 14.7 Å². The van der Waals surface area contributed by atoms with Crippen molar-refractivity contribution in [3.05, 3.63) is 100 Å². The highest BCUT2D eigenvalue weighted by molar-refractivity contribution is 6.30. The predicted octanol–water partition coefficient (Wildman–Crippen LogP) is 5.85. The number of likely N-dealkylation sites (N-methyl/N-ethyl adjacent to an activating group) is 1. The Morgan fingerprint density at radius 3 is 1.94 bits per heavy atom. The molecule has 0 aliphatic rings. The van der Waals surface area contributed by atoms with Crippen LogP contribution in [-0.2, 0) is 12.0 Å². The number of halogens is 1. The molecule has 0 saturated carbocycles. The summed E-state index contributed by atoms with van der Waals surface area (Å²) in [4.78, 5) is 2.33. The van der Waals surface area contributed by atoms with Crippen molar-refractivity contribution in [3.63, 3.8) is 0 Å². The number of rotatable bonds is 10. The van der Waals surface area contributed by atoms with Gasteiger partial charge in [0.15, 0.2) is 0 Å². The molecule has 0 amide bonds. The van der Waals surface area contributed by atoms with Crippen molar-refractivity contribution >= 4 is 11.6 Å². The summed E-state index contributed by atoms with van der Waals surface area (Å²) in [7, 11) is 0. The zero-order chi connectivity index (χ0) is 22.3. The van der Waals surface area contributed by atoms with Crippen LogP contribution in [0.5, 0.6) is 5.75 Å². The van der Waals surface area contributed by atoms with Gasteiger partial charge in [-0.25, -0.2) is 0 Å². The lowest BCUT2D eigenvalue weighted by Gasteiger charge is -2.30. The molecule has 0 bridgehead atoms. The van der Waals surface area contributed by atoms with Crippen LogP contribution >= 0.6 is 11.6 Å². The summed E-state index contributed by atoms with van der Waals surface area (Å²) in [5.74, 6) is 0.814. The van der Waals surface area contributed by atoms with E-state index >= 15 is 0 Å². The molecule has 3 aromatic carbocycles. The van der Waals surface area contributed by atoms with E-state index in [1.54, 1.807) is 0 Å². The van der Waals surface area contributed by atoms with Gasteiger partial charge in [0.2, 0.25) is 0 Å². The zero-order valence-corrected chi connectivity index (χ0v) is 19.4. The van der Waals surface area contributed by atoms with E-state index in [9.17, 15) is 5.11 Å². The molecule has 0 heterocycles. The summed E-state index contributed by atoms with van der Waals surface area (Å²) in [6, 6.07) is 23.5. The minimum absolute atomic E-state index is 0.454. The highest BCUT2D eigenvalue weighted by Crippen LogP contribution is 2.34. The van der Waals surface area contributed by atoms with Gasteiger partial charge >= 0.3 is 0 Å². The molecule has 31 heavy (non-hydrogen) atoms. The summed E-state index contributed by atoms with van der Waals surface area (Å²) in [5, 5.41) is 12.6. The number of hydrogen-bond donors (Lipinski definition) is 1. The molecule has 0 aromatic heterocycles. The summed E-state index contributed by atoms with van der Waals surface area (Å²) in [6.07, 6.45) is 0.454. The molecule has 0 spiro atoms. The van der Waals surface area contributed by atoms with E-state index in [2.05, 4.69) is 18.7 Å². The molecule has 3 rings (SSSR count). The van der Waals surface area contributed by atoms with Crippen molar-refractivity contribution in [2.45, 2.75) is 32.8 Å². The van der Waals surface area contributed by atoms with Crippen molar-refractivity contribution in [1.29, 1.82) is 0 Å². The van der Waals surface area contributed by atoms with Crippen LogP contribution in [0.15, 0.2) is 72.8 Å². The van der Waals surface area contributed by atoms with Crippen LogP contribution in [0, 0.1) is 6.92 Å². The largest absolute Gasteiger partial charge is 0.492 e. The van der Waals surface area contributed by atoms with Gasteiger partial charge in [-0.15, -0.1) is 0 Å². The minimum Gasteiger partial charge on any atom is -0.492 e. The van der Waals surface area contributed by atoms with Gasteiger partial charge in [-0.3, -0.25) is 0 Å². The third kappa shape index (κ3) is 6.10. The Kier molecular flexibility index (Phi) is 8.14. The van der Waals surface area contributed by atoms with Gasteiger partial charge in [-0.2, -0.15) is 0 Å². The number of hydrogen-bond acceptors (Lipinski definition) is 3. The highest BCUT2D eigenvalue weighted by atomic mass is 35.5. The van der Waals surface area contributed by atoms with Crippen molar-refractivity contribution in [2.24, 2.45) is 0 Å². The molecule has 0 fully saturated rings. The van der Waals surface area contributed by atoms with E-state index in [0.29, 0.717) is 18.1 Å². The van der Waals surface area contributed by atoms with Crippen molar-refractivity contribution in [2.75, 3.05) is 26.2 Å². The normalized spacial score (nSPS) is 13.2. The molecule has 164 valence electrons. The first kappa shape index (κ1) is 23.3. The highest BCUT2D eigenvalue weighted by Gasteiger charge is 2.32. The fourth-order valence-electron chi connectivity index (χ4n) is 3.76. The number of aryl methyl sites for hydroxylation is 1. The Hall–Kier alpha value is -2.33. The number of aliphatic hydroxyl groups is 1. The van der Waals surface area contributed by atoms with Gasteiger partial charge in [-0.1, -0.05) is 79.5 Å². The first-order valence-corrected chi connectivity index (χ1v) is 11.3. The molecule has 4 heteroatoms. The van der Waals surface area contributed by atoms with Gasteiger partial charge in [0.05, 0.1) is 0 Å². The molecule has 3 nitrogen and oxygen atoms in total. The van der Waals surface area contributed by atoms with E-state index in [1.807, 2.05) is 79.7 Å². The first-order chi connectivity index (χ1) is 14.9. The van der Waals surface area contributed by atoms with Crippen molar-refractivity contribution in [1.82, 2.24) is 4.90 Å². The minimum atomic E-state index is -1.15. The third-order valence-electron chi connectivity index (χ3n) is 5.80. The molecule has 3 aromatic rings. The fourth-order valence-corrected chi connectivity index (χ4v) is 3.88. The van der Waals surface area contributed by atoms with E-state index < -0.39 is 5.60 Å². The fraction of sp³-hybridized carbons (Fsp3) is 0.333. The quantitative estimate of drug-likeness (QED) is 0.432. The van der Waals surface area contributed by atoms with Crippen LogP contribution in [0.2, 0.25) is 5.02 Å². The van der Waals surface area contributed by atoms with Gasteiger partial charge in [0.1, 0.15) is 18.0 Å². The maximum atomic E-state index is 11.9. The van der Waals surface area contributed by atoms with Gasteiger partial charge in [-0.05, 0) is 61.0 Å². The molecule has 0 saturated heterocycles. The van der Waals surface area contributed by atoms with Crippen LogP contribution in [-0.4, -0.2) is 36.2 Å². The summed E-state index contributed by atoms with van der Waals surface area (Å²) >= 11 is 6.05. The van der Waals surface area contributed by atoms with Crippen LogP contribution in [0.4, 0.5) is 0 Å². The van der Waals surface area contributed by atoms with Crippen LogP contribution < -0.4 is 4.74 Å². The second-order valence-corrected chi connectivity index (χ2v) is 8.37. The van der Waals surface area contributed by atoms with E-state index in [1.165, 1.54) is 0 Å². The maximum absolute atomic E-state index is 11.9. The molecule has 1 atom stereocenters. The number of ether oxygens (including phenoxy) is 1. The Morgan fingerprint density at radius 2 is 1.39 bits per heavy atom. The monoisotopic (exact) mass is 437 g/mol. The lowest BCUT2D eigenvalue weighted by atomic mass is 9.81. The second kappa shape index (κ2) is 10.8. The van der Waals surface area contributed by atoms with E-state index in [0.717, 1.165) is 47.6 Å². The van der Waals surface area contributed by atoms with Crippen LogP contribution in [0.1, 0.15) is 36.1 Å². The molecule has 0 aliphatic carbocycles. The number of nitrogens with zero attached hydrogens (tertiary/aromatic N) is 1. The Labute approximate surface area is 191 Å². The van der Waals surface area contributed by atoms with Crippen LogP contribution in [0.25, 0.3) is 0 Å². The maximum Gasteiger partial charge on any atom is 0.119 e. The van der Waals surface area contributed by atoms with E-state index in [4.69, 9.17) is 16.3 Å². The van der Waals surface area contributed by atoms with Crippen molar-refractivity contribution in [3.8, 4) is 5.75 Å². The average molecular weight is 438 g/mol. The Bertz CT molecular complexity index is 934. The molecule has 0 unspecified atom stereocenters.